The Bertz CT molecular complexity index is 577. The van der Waals surface area contributed by atoms with Crippen LogP contribution in [0.15, 0.2) is 12.2 Å². The van der Waals surface area contributed by atoms with Gasteiger partial charge in [0, 0.05) is 6.42 Å². The maximum Gasteiger partial charge on any atom is 0.266 e. The van der Waals surface area contributed by atoms with Gasteiger partial charge in [0.25, 0.3) is 10.1 Å². The Kier molecular flexibility index (Phi) is 20.1. The molecular formula is C25H49NO5S. The Labute approximate surface area is 197 Å². The first-order valence-corrected chi connectivity index (χ1v) is 14.5. The number of carbonyl (C=O) groups is 1. The number of aliphatic hydroxyl groups is 1. The average Bonchev–Trinajstić information content (AvgIpc) is 2.72. The molecule has 0 aliphatic rings. The van der Waals surface area contributed by atoms with E-state index < -0.39 is 28.0 Å². The number of nitrogens with one attached hydrogen (secondary N) is 1. The van der Waals surface area contributed by atoms with Gasteiger partial charge in [0.1, 0.15) is 0 Å². The summed E-state index contributed by atoms with van der Waals surface area (Å²) >= 11 is 0. The van der Waals surface area contributed by atoms with Gasteiger partial charge >= 0.3 is 0 Å². The lowest BCUT2D eigenvalue weighted by atomic mass is 10.0. The molecule has 0 aromatic rings. The molecule has 0 saturated carbocycles. The Morgan fingerprint density at radius 1 is 0.812 bits per heavy atom. The van der Waals surface area contributed by atoms with Crippen molar-refractivity contribution in [2.24, 2.45) is 0 Å². The van der Waals surface area contributed by atoms with Crippen LogP contribution in [0.4, 0.5) is 0 Å². The molecule has 0 saturated heterocycles. The molecule has 2 atom stereocenters. The van der Waals surface area contributed by atoms with Gasteiger partial charge in [-0.25, -0.2) is 0 Å². The van der Waals surface area contributed by atoms with Crippen LogP contribution in [0.2, 0.25) is 0 Å². The number of aliphatic hydroxyl groups excluding tert-OH is 1. The van der Waals surface area contributed by atoms with Crippen molar-refractivity contribution in [1.29, 1.82) is 0 Å². The van der Waals surface area contributed by atoms with Crippen LogP contribution in [0.1, 0.15) is 123 Å². The van der Waals surface area contributed by atoms with Gasteiger partial charge < -0.3 is 10.4 Å². The Hall–Kier alpha value is -0.920. The third-order valence-corrected chi connectivity index (χ3v) is 6.48. The lowest BCUT2D eigenvalue weighted by molar-refractivity contribution is -0.122. The predicted molar refractivity (Wildman–Crippen MR) is 133 cm³/mol. The normalized spacial score (nSPS) is 14.0. The van der Waals surface area contributed by atoms with Crippen molar-refractivity contribution < 1.29 is 22.9 Å². The van der Waals surface area contributed by atoms with Gasteiger partial charge in [0.05, 0.1) is 17.9 Å². The molecule has 7 heteroatoms. The van der Waals surface area contributed by atoms with Crippen LogP contribution in [0, 0.1) is 0 Å². The molecule has 1 amide bonds. The lowest BCUT2D eigenvalue weighted by Crippen LogP contribution is -2.47. The highest BCUT2D eigenvalue weighted by atomic mass is 32.2. The van der Waals surface area contributed by atoms with Gasteiger partial charge in [-0.3, -0.25) is 9.35 Å². The molecule has 0 rings (SSSR count). The number of amides is 1. The quantitative estimate of drug-likeness (QED) is 0.102. The summed E-state index contributed by atoms with van der Waals surface area (Å²) in [5, 5.41) is 13.0. The van der Waals surface area contributed by atoms with Gasteiger partial charge in [0.15, 0.2) is 0 Å². The van der Waals surface area contributed by atoms with Crippen molar-refractivity contribution in [3.63, 3.8) is 0 Å². The SMILES string of the molecule is CCC/C=C\CCCCCCCC(=O)NC(CS(=O)(=O)O)C(O)CCCCCCCCC. The van der Waals surface area contributed by atoms with Crippen molar-refractivity contribution in [3.05, 3.63) is 12.2 Å². The molecule has 0 bridgehead atoms. The maximum absolute atomic E-state index is 12.2. The number of rotatable bonds is 22. The first kappa shape index (κ1) is 31.1. The van der Waals surface area contributed by atoms with E-state index >= 15 is 0 Å². The molecule has 2 unspecified atom stereocenters. The van der Waals surface area contributed by atoms with Crippen molar-refractivity contribution in [3.8, 4) is 0 Å². The second-order valence-corrected chi connectivity index (χ2v) is 10.5. The number of hydrogen-bond acceptors (Lipinski definition) is 4. The molecule has 6 nitrogen and oxygen atoms in total. The van der Waals surface area contributed by atoms with E-state index in [0.717, 1.165) is 64.2 Å². The fraction of sp³-hybridized carbons (Fsp3) is 0.880. The minimum atomic E-state index is -4.28. The van der Waals surface area contributed by atoms with Crippen LogP contribution in [0.3, 0.4) is 0 Å². The maximum atomic E-state index is 12.2. The fourth-order valence-corrected chi connectivity index (χ4v) is 4.51. The molecule has 0 fully saturated rings. The van der Waals surface area contributed by atoms with E-state index in [2.05, 4.69) is 31.3 Å². The third-order valence-electron chi connectivity index (χ3n) is 5.70. The third kappa shape index (κ3) is 21.0. The number of hydrogen-bond donors (Lipinski definition) is 3. The van der Waals surface area contributed by atoms with E-state index in [0.29, 0.717) is 12.8 Å². The Morgan fingerprint density at radius 2 is 1.38 bits per heavy atom. The van der Waals surface area contributed by atoms with Crippen molar-refractivity contribution in [1.82, 2.24) is 5.32 Å². The van der Waals surface area contributed by atoms with Crippen LogP contribution in [0.25, 0.3) is 0 Å². The number of carbonyl (C=O) groups excluding carboxylic acids is 1. The molecule has 0 aromatic heterocycles. The first-order valence-electron chi connectivity index (χ1n) is 12.9. The smallest absolute Gasteiger partial charge is 0.266 e. The summed E-state index contributed by atoms with van der Waals surface area (Å²) in [4.78, 5) is 12.2. The monoisotopic (exact) mass is 475 g/mol. The van der Waals surface area contributed by atoms with E-state index in [1.165, 1.54) is 32.1 Å². The summed E-state index contributed by atoms with van der Waals surface area (Å²) in [5.74, 6) is -0.915. The molecule has 0 heterocycles. The van der Waals surface area contributed by atoms with E-state index in [4.69, 9.17) is 0 Å². The second-order valence-electron chi connectivity index (χ2n) is 8.97. The number of allylic oxidation sites excluding steroid dienone is 2. The molecule has 0 aromatic carbocycles. The van der Waals surface area contributed by atoms with Gasteiger partial charge in [-0.05, 0) is 32.1 Å². The van der Waals surface area contributed by atoms with Gasteiger partial charge in [-0.1, -0.05) is 96.6 Å². The molecule has 0 spiro atoms. The summed E-state index contributed by atoms with van der Waals surface area (Å²) in [6, 6.07) is -0.965. The molecule has 190 valence electrons. The summed E-state index contributed by atoms with van der Waals surface area (Å²) in [6.07, 6.45) is 20.4. The predicted octanol–water partition coefficient (Wildman–Crippen LogP) is 5.95. The van der Waals surface area contributed by atoms with Crippen molar-refractivity contribution in [2.75, 3.05) is 5.75 Å². The topological polar surface area (TPSA) is 104 Å². The molecule has 0 radical (unpaired) electrons. The van der Waals surface area contributed by atoms with Crippen LogP contribution < -0.4 is 5.32 Å². The minimum absolute atomic E-state index is 0.264. The molecule has 0 aliphatic heterocycles. The Balaban J connectivity index is 4.13. The number of unbranched alkanes of at least 4 members (excludes halogenated alkanes) is 12. The van der Waals surface area contributed by atoms with Crippen molar-refractivity contribution >= 4 is 16.0 Å². The van der Waals surface area contributed by atoms with E-state index in [-0.39, 0.29) is 5.91 Å². The standard InChI is InChI=1S/C25H49NO5S/c1-3-5-7-9-11-12-13-15-17-19-21-25(28)26-23(22-32(29,30)31)24(27)20-18-16-14-10-8-6-4-2/h7,9,23-24,27H,3-6,8,10-22H2,1-2H3,(H,26,28)(H,29,30,31)/b9-7-. The lowest BCUT2D eigenvalue weighted by Gasteiger charge is -2.23. The average molecular weight is 476 g/mol. The highest BCUT2D eigenvalue weighted by molar-refractivity contribution is 7.85. The van der Waals surface area contributed by atoms with Gasteiger partial charge in [0.2, 0.25) is 5.91 Å². The molecular weight excluding hydrogens is 426 g/mol. The van der Waals surface area contributed by atoms with E-state index in [9.17, 15) is 22.9 Å². The Morgan fingerprint density at radius 3 is 2.00 bits per heavy atom. The molecule has 0 aliphatic carbocycles. The van der Waals surface area contributed by atoms with Crippen molar-refractivity contribution in [2.45, 2.75) is 135 Å². The second kappa shape index (κ2) is 20.7. The van der Waals surface area contributed by atoms with Crippen LogP contribution >= 0.6 is 0 Å². The summed E-state index contributed by atoms with van der Waals surface area (Å²) in [5.41, 5.74) is 0. The van der Waals surface area contributed by atoms with Gasteiger partial charge in [-0.15, -0.1) is 0 Å². The van der Waals surface area contributed by atoms with E-state index in [1.807, 2.05) is 0 Å². The highest BCUT2D eigenvalue weighted by Crippen LogP contribution is 2.13. The zero-order chi connectivity index (χ0) is 24.1. The fourth-order valence-electron chi connectivity index (χ4n) is 3.75. The zero-order valence-corrected chi connectivity index (χ0v) is 21.4. The summed E-state index contributed by atoms with van der Waals surface area (Å²) in [7, 11) is -4.28. The molecule has 3 N–H and O–H groups in total. The minimum Gasteiger partial charge on any atom is -0.391 e. The molecule has 32 heavy (non-hydrogen) atoms. The van der Waals surface area contributed by atoms with Gasteiger partial charge in [-0.2, -0.15) is 8.42 Å². The van der Waals surface area contributed by atoms with Crippen LogP contribution in [-0.2, 0) is 14.9 Å². The van der Waals surface area contributed by atoms with E-state index in [1.54, 1.807) is 0 Å². The summed E-state index contributed by atoms with van der Waals surface area (Å²) < 4.78 is 31.9. The highest BCUT2D eigenvalue weighted by Gasteiger charge is 2.25. The summed E-state index contributed by atoms with van der Waals surface area (Å²) in [6.45, 7) is 4.34. The van der Waals surface area contributed by atoms with Crippen LogP contribution in [0.5, 0.6) is 0 Å². The van der Waals surface area contributed by atoms with Crippen LogP contribution in [-0.4, -0.2) is 41.9 Å². The first-order chi connectivity index (χ1) is 15.3. The largest absolute Gasteiger partial charge is 0.391 e. The zero-order valence-electron chi connectivity index (χ0n) is 20.6.